The molecule has 0 saturated carbocycles. The zero-order valence-corrected chi connectivity index (χ0v) is 8.39. The van der Waals surface area contributed by atoms with Crippen molar-refractivity contribution in [2.45, 2.75) is 6.92 Å². The third kappa shape index (κ3) is 2.94. The van der Waals surface area contributed by atoms with Crippen LogP contribution >= 0.6 is 0 Å². The molecule has 2 N–H and O–H groups in total. The smallest absolute Gasteiger partial charge is 0.352 e. The summed E-state index contributed by atoms with van der Waals surface area (Å²) in [5, 5.41) is 11.0. The molecular weight excluding hydrogens is 198 g/mol. The number of amides is 1. The van der Waals surface area contributed by atoms with Crippen molar-refractivity contribution < 1.29 is 14.7 Å². The van der Waals surface area contributed by atoms with Crippen LogP contribution in [0, 0.1) is 0 Å². The molecular formula is C9H11N3O3. The molecule has 0 aliphatic carbocycles. The van der Waals surface area contributed by atoms with Gasteiger partial charge in [0.2, 0.25) is 5.91 Å². The lowest BCUT2D eigenvalue weighted by molar-refractivity contribution is -0.134. The normalized spacial score (nSPS) is 11.2. The maximum Gasteiger partial charge on any atom is 0.352 e. The Kier molecular flexibility index (Phi) is 3.22. The lowest BCUT2D eigenvalue weighted by atomic mass is 10.3. The first-order valence-electron chi connectivity index (χ1n) is 4.20. The molecule has 0 aromatic carbocycles. The Morgan fingerprint density at radius 3 is 2.67 bits per heavy atom. The first-order valence-corrected chi connectivity index (χ1v) is 4.20. The van der Waals surface area contributed by atoms with Crippen LogP contribution in [0.25, 0.3) is 6.08 Å². The second-order valence-electron chi connectivity index (χ2n) is 2.94. The van der Waals surface area contributed by atoms with Crippen molar-refractivity contribution >= 4 is 18.0 Å². The summed E-state index contributed by atoms with van der Waals surface area (Å²) in [5.74, 6) is -1.17. The van der Waals surface area contributed by atoms with Gasteiger partial charge in [-0.2, -0.15) is 0 Å². The number of hydrogen-bond acceptors (Lipinski definition) is 3. The van der Waals surface area contributed by atoms with Crippen molar-refractivity contribution in [3.63, 3.8) is 0 Å². The van der Waals surface area contributed by atoms with Gasteiger partial charge in [-0.3, -0.25) is 4.79 Å². The molecule has 1 aromatic heterocycles. The van der Waals surface area contributed by atoms with Gasteiger partial charge in [-0.05, 0) is 0 Å². The lowest BCUT2D eigenvalue weighted by Gasteiger charge is -2.02. The van der Waals surface area contributed by atoms with Gasteiger partial charge >= 0.3 is 5.97 Å². The van der Waals surface area contributed by atoms with Gasteiger partial charge in [0.15, 0.2) is 0 Å². The summed E-state index contributed by atoms with van der Waals surface area (Å²) >= 11 is 0. The Bertz CT molecular complexity index is 420. The van der Waals surface area contributed by atoms with E-state index in [1.165, 1.54) is 13.0 Å². The number of aliphatic carboxylic acids is 1. The number of rotatable bonds is 3. The summed E-state index contributed by atoms with van der Waals surface area (Å²) in [5.41, 5.74) is -0.197. The molecule has 0 radical (unpaired) electrons. The first-order chi connectivity index (χ1) is 7.00. The molecule has 6 nitrogen and oxygen atoms in total. The van der Waals surface area contributed by atoms with Crippen LogP contribution in [-0.2, 0) is 16.6 Å². The van der Waals surface area contributed by atoms with E-state index in [1.54, 1.807) is 24.0 Å². The highest BCUT2D eigenvalue weighted by atomic mass is 16.4. The standard InChI is InChI=1S/C9H11N3O3/c1-6(13)11-7(9(14)15)5-8-10-3-4-12(8)2/h3-5H,1-2H3,(H,11,13)(H,14,15)/b7-5+. The Labute approximate surface area is 86.2 Å². The molecule has 1 rings (SSSR count). The van der Waals surface area contributed by atoms with Crippen molar-refractivity contribution in [1.29, 1.82) is 0 Å². The zero-order valence-electron chi connectivity index (χ0n) is 8.39. The number of carboxylic acids is 1. The fraction of sp³-hybridized carbons (Fsp3) is 0.222. The molecule has 1 heterocycles. The molecule has 80 valence electrons. The van der Waals surface area contributed by atoms with Crippen LogP contribution < -0.4 is 5.32 Å². The SMILES string of the molecule is CC(=O)N/C(=C/c1nccn1C)C(=O)O. The van der Waals surface area contributed by atoms with Crippen LogP contribution in [0.4, 0.5) is 0 Å². The number of carboxylic acid groups (broad SMARTS) is 1. The molecule has 0 aliphatic rings. The summed E-state index contributed by atoms with van der Waals surface area (Å²) in [6.45, 7) is 1.25. The van der Waals surface area contributed by atoms with Crippen LogP contribution in [0.15, 0.2) is 18.1 Å². The fourth-order valence-corrected chi connectivity index (χ4v) is 0.986. The topological polar surface area (TPSA) is 84.2 Å². The van der Waals surface area contributed by atoms with Crippen molar-refractivity contribution in [2.75, 3.05) is 0 Å². The van der Waals surface area contributed by atoms with Crippen LogP contribution in [0.3, 0.4) is 0 Å². The number of carbonyl (C=O) groups excluding carboxylic acids is 1. The van der Waals surface area contributed by atoms with E-state index < -0.39 is 11.9 Å². The van der Waals surface area contributed by atoms with E-state index in [4.69, 9.17) is 5.11 Å². The van der Waals surface area contributed by atoms with Crippen LogP contribution in [0.1, 0.15) is 12.7 Å². The van der Waals surface area contributed by atoms with E-state index >= 15 is 0 Å². The largest absolute Gasteiger partial charge is 0.477 e. The summed E-state index contributed by atoms with van der Waals surface area (Å²) in [7, 11) is 1.73. The number of nitrogens with one attached hydrogen (secondary N) is 1. The maximum absolute atomic E-state index is 10.8. The summed E-state index contributed by atoms with van der Waals surface area (Å²) < 4.78 is 1.64. The minimum Gasteiger partial charge on any atom is -0.477 e. The second kappa shape index (κ2) is 4.41. The Morgan fingerprint density at radius 2 is 2.27 bits per heavy atom. The number of nitrogens with zero attached hydrogens (tertiary/aromatic N) is 2. The molecule has 0 saturated heterocycles. The van der Waals surface area contributed by atoms with E-state index in [2.05, 4.69) is 10.3 Å². The van der Waals surface area contributed by atoms with Crippen LogP contribution in [-0.4, -0.2) is 26.5 Å². The Morgan fingerprint density at radius 1 is 1.60 bits per heavy atom. The molecule has 0 bridgehead atoms. The predicted molar refractivity (Wildman–Crippen MR) is 52.6 cm³/mol. The summed E-state index contributed by atoms with van der Waals surface area (Å²) in [6.07, 6.45) is 4.52. The van der Waals surface area contributed by atoms with Gasteiger partial charge in [-0.25, -0.2) is 9.78 Å². The van der Waals surface area contributed by atoms with E-state index in [1.807, 2.05) is 0 Å². The number of carbonyl (C=O) groups is 2. The second-order valence-corrected chi connectivity index (χ2v) is 2.94. The quantitative estimate of drug-likeness (QED) is 0.685. The van der Waals surface area contributed by atoms with E-state index in [-0.39, 0.29) is 5.70 Å². The fourth-order valence-electron chi connectivity index (χ4n) is 0.986. The predicted octanol–water partition coefficient (Wildman–Crippen LogP) is -0.0183. The first kappa shape index (κ1) is 11.0. The molecule has 0 fully saturated rings. The van der Waals surface area contributed by atoms with Crippen molar-refractivity contribution in [3.8, 4) is 0 Å². The van der Waals surface area contributed by atoms with E-state index in [9.17, 15) is 9.59 Å². The van der Waals surface area contributed by atoms with E-state index in [0.29, 0.717) is 5.82 Å². The number of aromatic nitrogens is 2. The molecule has 1 amide bonds. The van der Waals surface area contributed by atoms with Gasteiger partial charge in [0, 0.05) is 32.4 Å². The van der Waals surface area contributed by atoms with Gasteiger partial charge in [0.05, 0.1) is 0 Å². The third-order valence-corrected chi connectivity index (χ3v) is 1.67. The van der Waals surface area contributed by atoms with E-state index in [0.717, 1.165) is 0 Å². The van der Waals surface area contributed by atoms with Crippen molar-refractivity contribution in [2.24, 2.45) is 7.05 Å². The summed E-state index contributed by atoms with van der Waals surface area (Å²) in [4.78, 5) is 25.4. The number of imidazole rings is 1. The van der Waals surface area contributed by atoms with Crippen LogP contribution in [0.2, 0.25) is 0 Å². The zero-order chi connectivity index (χ0) is 11.4. The monoisotopic (exact) mass is 209 g/mol. The minimum absolute atomic E-state index is 0.197. The maximum atomic E-state index is 10.8. The molecule has 15 heavy (non-hydrogen) atoms. The highest BCUT2D eigenvalue weighted by Crippen LogP contribution is 2.01. The van der Waals surface area contributed by atoms with Gasteiger partial charge in [0.1, 0.15) is 11.5 Å². The molecule has 0 atom stereocenters. The average Bonchev–Trinajstić information content (AvgIpc) is 2.50. The molecule has 0 unspecified atom stereocenters. The van der Waals surface area contributed by atoms with Crippen molar-refractivity contribution in [3.05, 3.63) is 23.9 Å². The van der Waals surface area contributed by atoms with Gasteiger partial charge in [0.25, 0.3) is 0 Å². The highest BCUT2D eigenvalue weighted by Gasteiger charge is 2.09. The molecule has 0 aliphatic heterocycles. The van der Waals surface area contributed by atoms with Crippen molar-refractivity contribution in [1.82, 2.24) is 14.9 Å². The van der Waals surface area contributed by atoms with Gasteiger partial charge in [-0.1, -0.05) is 0 Å². The summed E-state index contributed by atoms with van der Waals surface area (Å²) in [6, 6.07) is 0. The number of hydrogen-bond donors (Lipinski definition) is 2. The lowest BCUT2D eigenvalue weighted by Crippen LogP contribution is -2.24. The van der Waals surface area contributed by atoms with Gasteiger partial charge < -0.3 is 15.0 Å². The Hall–Kier alpha value is -2.11. The Balaban J connectivity index is 2.99. The highest BCUT2D eigenvalue weighted by molar-refractivity contribution is 5.95. The van der Waals surface area contributed by atoms with Crippen LogP contribution in [0.5, 0.6) is 0 Å². The molecule has 0 spiro atoms. The number of aryl methyl sites for hydroxylation is 1. The third-order valence-electron chi connectivity index (χ3n) is 1.67. The molecule has 1 aromatic rings. The molecule has 6 heteroatoms. The minimum atomic E-state index is -1.20. The average molecular weight is 209 g/mol. The van der Waals surface area contributed by atoms with Gasteiger partial charge in [-0.15, -0.1) is 0 Å².